The predicted octanol–water partition coefficient (Wildman–Crippen LogP) is 3.90. The molecule has 2 rings (SSSR count). The van der Waals surface area contributed by atoms with E-state index in [1.807, 2.05) is 31.2 Å². The van der Waals surface area contributed by atoms with Gasteiger partial charge in [-0.2, -0.15) is 0 Å². The Morgan fingerprint density at radius 1 is 1.10 bits per heavy atom. The van der Waals surface area contributed by atoms with Crippen LogP contribution in [0, 0.1) is 12.7 Å². The molecule has 0 aromatic heterocycles. The summed E-state index contributed by atoms with van der Waals surface area (Å²) in [5.41, 5.74) is 1.50. The lowest BCUT2D eigenvalue weighted by molar-refractivity contribution is 0.0982. The van der Waals surface area contributed by atoms with Crippen LogP contribution in [-0.2, 0) is 10.8 Å². The quantitative estimate of drug-likeness (QED) is 0.758. The van der Waals surface area contributed by atoms with Crippen molar-refractivity contribution in [3.05, 3.63) is 65.5 Å². The first-order valence-electron chi connectivity index (χ1n) is 6.80. The molecule has 2 aromatic carbocycles. The van der Waals surface area contributed by atoms with Gasteiger partial charge in [0.15, 0.2) is 5.78 Å². The largest absolute Gasteiger partial charge is 0.294 e. The van der Waals surface area contributed by atoms with Gasteiger partial charge in [-0.05, 0) is 49.2 Å². The van der Waals surface area contributed by atoms with E-state index in [2.05, 4.69) is 0 Å². The highest BCUT2D eigenvalue weighted by molar-refractivity contribution is 7.85. The number of rotatable bonds is 6. The van der Waals surface area contributed by atoms with Crippen molar-refractivity contribution >= 4 is 16.6 Å². The standard InChI is InChI=1S/C17H17FO2S/c1-13-5-2-3-7-17(13)21(20)12-4-6-16(19)14-8-10-15(18)11-9-14/h2-3,5,7-11H,4,6,12H2,1H3. The van der Waals surface area contributed by atoms with Gasteiger partial charge in [0.05, 0.1) is 10.8 Å². The molecule has 0 heterocycles. The number of aryl methyl sites for hydroxylation is 1. The van der Waals surface area contributed by atoms with Crippen LogP contribution in [0.2, 0.25) is 0 Å². The highest BCUT2D eigenvalue weighted by atomic mass is 32.2. The summed E-state index contributed by atoms with van der Waals surface area (Å²) in [7, 11) is -1.08. The van der Waals surface area contributed by atoms with Gasteiger partial charge in [-0.1, -0.05) is 18.2 Å². The van der Waals surface area contributed by atoms with Gasteiger partial charge in [0.1, 0.15) is 5.82 Å². The molecule has 0 aliphatic carbocycles. The first-order valence-corrected chi connectivity index (χ1v) is 8.12. The number of carbonyl (C=O) groups excluding carboxylic acids is 1. The Kier molecular flexibility index (Phi) is 5.39. The lowest BCUT2D eigenvalue weighted by Gasteiger charge is -2.05. The van der Waals surface area contributed by atoms with Crippen LogP contribution in [0.4, 0.5) is 4.39 Å². The van der Waals surface area contributed by atoms with Crippen molar-refractivity contribution in [2.75, 3.05) is 5.75 Å². The zero-order chi connectivity index (χ0) is 15.2. The highest BCUT2D eigenvalue weighted by Gasteiger charge is 2.09. The highest BCUT2D eigenvalue weighted by Crippen LogP contribution is 2.14. The maximum absolute atomic E-state index is 12.8. The minimum absolute atomic E-state index is 0.0446. The van der Waals surface area contributed by atoms with Crippen molar-refractivity contribution in [2.24, 2.45) is 0 Å². The van der Waals surface area contributed by atoms with Gasteiger partial charge in [0, 0.05) is 22.6 Å². The second-order valence-electron chi connectivity index (χ2n) is 4.85. The zero-order valence-electron chi connectivity index (χ0n) is 11.8. The van der Waals surface area contributed by atoms with Crippen LogP contribution >= 0.6 is 0 Å². The van der Waals surface area contributed by atoms with Crippen LogP contribution in [0.1, 0.15) is 28.8 Å². The lowest BCUT2D eigenvalue weighted by atomic mass is 10.1. The van der Waals surface area contributed by atoms with Crippen molar-refractivity contribution in [2.45, 2.75) is 24.7 Å². The van der Waals surface area contributed by atoms with Gasteiger partial charge in [-0.25, -0.2) is 4.39 Å². The van der Waals surface area contributed by atoms with Crippen LogP contribution in [0.5, 0.6) is 0 Å². The van der Waals surface area contributed by atoms with E-state index in [1.54, 1.807) is 0 Å². The van der Waals surface area contributed by atoms with Crippen LogP contribution < -0.4 is 0 Å². The molecule has 0 fully saturated rings. The van der Waals surface area contributed by atoms with Crippen LogP contribution in [0.3, 0.4) is 0 Å². The molecule has 0 radical (unpaired) electrons. The summed E-state index contributed by atoms with van der Waals surface area (Å²) in [6.45, 7) is 1.93. The molecule has 1 atom stereocenters. The van der Waals surface area contributed by atoms with Crippen molar-refractivity contribution in [3.8, 4) is 0 Å². The van der Waals surface area contributed by atoms with E-state index in [-0.39, 0.29) is 11.6 Å². The fraction of sp³-hybridized carbons (Fsp3) is 0.235. The monoisotopic (exact) mass is 304 g/mol. The average molecular weight is 304 g/mol. The molecule has 0 amide bonds. The van der Waals surface area contributed by atoms with Gasteiger partial charge in [-0.15, -0.1) is 0 Å². The lowest BCUT2D eigenvalue weighted by Crippen LogP contribution is -2.05. The number of Topliss-reactive ketones (excluding diaryl/α,β-unsaturated/α-hetero) is 1. The maximum atomic E-state index is 12.8. The van der Waals surface area contributed by atoms with Gasteiger partial charge in [-0.3, -0.25) is 9.00 Å². The fourth-order valence-corrected chi connectivity index (χ4v) is 3.35. The number of carbonyl (C=O) groups is 1. The minimum Gasteiger partial charge on any atom is -0.294 e. The second-order valence-corrected chi connectivity index (χ2v) is 6.39. The first-order chi connectivity index (χ1) is 10.1. The molecule has 21 heavy (non-hydrogen) atoms. The molecule has 0 saturated heterocycles. The molecule has 0 N–H and O–H groups in total. The van der Waals surface area contributed by atoms with E-state index in [4.69, 9.17) is 0 Å². The fourth-order valence-electron chi connectivity index (χ4n) is 2.07. The molecule has 4 heteroatoms. The third kappa shape index (κ3) is 4.33. The van der Waals surface area contributed by atoms with E-state index in [9.17, 15) is 13.4 Å². The normalized spacial score (nSPS) is 12.1. The number of ketones is 1. The Morgan fingerprint density at radius 2 is 1.76 bits per heavy atom. The van der Waals surface area contributed by atoms with E-state index >= 15 is 0 Å². The molecule has 0 saturated carbocycles. The van der Waals surface area contributed by atoms with Crippen molar-refractivity contribution in [1.82, 2.24) is 0 Å². The third-order valence-corrected chi connectivity index (χ3v) is 4.85. The molecule has 2 aromatic rings. The summed E-state index contributed by atoms with van der Waals surface area (Å²) in [5.74, 6) is 0.0571. The Morgan fingerprint density at radius 3 is 2.43 bits per heavy atom. The number of benzene rings is 2. The minimum atomic E-state index is -1.08. The van der Waals surface area contributed by atoms with Gasteiger partial charge in [0.2, 0.25) is 0 Å². The summed E-state index contributed by atoms with van der Waals surface area (Å²) < 4.78 is 25.0. The molecule has 0 bridgehead atoms. The summed E-state index contributed by atoms with van der Waals surface area (Å²) in [5, 5.41) is 0. The number of hydrogen-bond donors (Lipinski definition) is 0. The molecule has 0 aliphatic rings. The zero-order valence-corrected chi connectivity index (χ0v) is 12.7. The predicted molar refractivity (Wildman–Crippen MR) is 82.4 cm³/mol. The summed E-state index contributed by atoms with van der Waals surface area (Å²) in [6.07, 6.45) is 0.875. The van der Waals surface area contributed by atoms with Gasteiger partial charge >= 0.3 is 0 Å². The molecule has 0 spiro atoms. The molecule has 0 aliphatic heterocycles. The Bertz CT molecular complexity index is 650. The van der Waals surface area contributed by atoms with E-state index < -0.39 is 10.8 Å². The molecule has 110 valence electrons. The van der Waals surface area contributed by atoms with Gasteiger partial charge < -0.3 is 0 Å². The molecular formula is C17H17FO2S. The third-order valence-electron chi connectivity index (χ3n) is 3.24. The first kappa shape index (κ1) is 15.6. The van der Waals surface area contributed by atoms with Crippen molar-refractivity contribution < 1.29 is 13.4 Å². The molecular weight excluding hydrogens is 287 g/mol. The van der Waals surface area contributed by atoms with Crippen molar-refractivity contribution in [3.63, 3.8) is 0 Å². The maximum Gasteiger partial charge on any atom is 0.162 e. The Hall–Kier alpha value is -1.81. The van der Waals surface area contributed by atoms with Crippen LogP contribution in [-0.4, -0.2) is 15.7 Å². The van der Waals surface area contributed by atoms with Crippen LogP contribution in [0.15, 0.2) is 53.4 Å². The smallest absolute Gasteiger partial charge is 0.162 e. The van der Waals surface area contributed by atoms with Gasteiger partial charge in [0.25, 0.3) is 0 Å². The summed E-state index contributed by atoms with van der Waals surface area (Å²) >= 11 is 0. The summed E-state index contributed by atoms with van der Waals surface area (Å²) in [6, 6.07) is 13.1. The summed E-state index contributed by atoms with van der Waals surface area (Å²) in [4.78, 5) is 12.7. The van der Waals surface area contributed by atoms with E-state index in [1.165, 1.54) is 24.3 Å². The van der Waals surface area contributed by atoms with Crippen LogP contribution in [0.25, 0.3) is 0 Å². The average Bonchev–Trinajstić information content (AvgIpc) is 2.48. The topological polar surface area (TPSA) is 34.1 Å². The number of hydrogen-bond acceptors (Lipinski definition) is 2. The van der Waals surface area contributed by atoms with Crippen molar-refractivity contribution in [1.29, 1.82) is 0 Å². The molecule has 2 nitrogen and oxygen atoms in total. The van der Waals surface area contributed by atoms with E-state index in [0.717, 1.165) is 10.5 Å². The Labute approximate surface area is 126 Å². The molecule has 1 unspecified atom stereocenters. The second kappa shape index (κ2) is 7.27. The number of halogens is 1. The SMILES string of the molecule is Cc1ccccc1S(=O)CCCC(=O)c1ccc(F)cc1. The Balaban J connectivity index is 1.87. The van der Waals surface area contributed by atoms with E-state index in [0.29, 0.717) is 24.2 Å².